The van der Waals surface area contributed by atoms with E-state index in [1.54, 1.807) is 6.08 Å². The third-order valence-corrected chi connectivity index (χ3v) is 11.3. The third kappa shape index (κ3) is 5.80. The van der Waals surface area contributed by atoms with Crippen molar-refractivity contribution >= 4 is 58.6 Å². The lowest BCUT2D eigenvalue weighted by Crippen LogP contribution is -2.53. The maximum atomic E-state index is 15.2. The van der Waals surface area contributed by atoms with Crippen LogP contribution in [-0.2, 0) is 35.6 Å². The lowest BCUT2D eigenvalue weighted by Gasteiger charge is -2.50. The molecule has 1 saturated carbocycles. The highest BCUT2D eigenvalue weighted by Gasteiger charge is 2.70. The smallest absolute Gasteiger partial charge is 0.417 e. The predicted molar refractivity (Wildman–Crippen MR) is 179 cm³/mol. The molecule has 11 nitrogen and oxygen atoms in total. The van der Waals surface area contributed by atoms with E-state index >= 15 is 9.18 Å². The average Bonchev–Trinajstić information content (AvgIpc) is 3.47. The van der Waals surface area contributed by atoms with Crippen molar-refractivity contribution in [3.8, 4) is 5.75 Å². The Bertz CT molecular complexity index is 2110. The number of fused-ring (bicyclic) bond motifs is 4. The second-order valence-corrected chi connectivity index (χ2v) is 14.3. The molecule has 4 aliphatic rings. The van der Waals surface area contributed by atoms with E-state index in [9.17, 15) is 37.5 Å². The number of phenolic OH excluding ortho intramolecular Hbond substituents is 1. The summed E-state index contributed by atoms with van der Waals surface area (Å²) in [7, 11) is 0. The number of carboxylic acids is 1. The molecule has 53 heavy (non-hydrogen) atoms. The van der Waals surface area contributed by atoms with Crippen LogP contribution in [0, 0.1) is 29.5 Å². The van der Waals surface area contributed by atoms with E-state index in [-0.39, 0.29) is 48.4 Å². The Morgan fingerprint density at radius 2 is 1.72 bits per heavy atom. The number of nitrogens with one attached hydrogen (secondary N) is 1. The van der Waals surface area contributed by atoms with Gasteiger partial charge in [-0.05, 0) is 66.6 Å². The molecule has 3 heterocycles. The first-order valence-corrected chi connectivity index (χ1v) is 17.2. The zero-order valence-corrected chi connectivity index (χ0v) is 28.8. The Kier molecular flexibility index (Phi) is 9.00. The minimum atomic E-state index is -4.79. The van der Waals surface area contributed by atoms with Gasteiger partial charge in [0.1, 0.15) is 0 Å². The number of alkyl halides is 3. The van der Waals surface area contributed by atoms with Crippen molar-refractivity contribution in [1.82, 2.24) is 14.9 Å². The standard InChI is InChI=1S/C36H28Cl2F4N4O7/c37-19-6-4-17(5-7-19)35-23(32(51)46(34(35)53)44-30-24(38)13-18(15-43-30)36(40,41)42)14-22-20(29(35)16-3-10-26(47)25(39)12-16)8-9-21-28(22)33(52)45(31(21)50)11-1-2-27(48)49/h3-8,10,12-13,15,21-23,28-29,47H,1-2,9,11,14H2,(H,43,44)(H,48,49)/t21-,22+,23-,28-,29-,35+/m0/s1. The number of carbonyl (C=O) groups is 5. The molecule has 0 unspecified atom stereocenters. The monoisotopic (exact) mass is 774 g/mol. The van der Waals surface area contributed by atoms with Crippen molar-refractivity contribution in [2.75, 3.05) is 12.0 Å². The summed E-state index contributed by atoms with van der Waals surface area (Å²) >= 11 is 12.4. The zero-order chi connectivity index (χ0) is 38.1. The second-order valence-electron chi connectivity index (χ2n) is 13.5. The molecule has 0 radical (unpaired) electrons. The number of aromatic hydroxyl groups is 1. The summed E-state index contributed by atoms with van der Waals surface area (Å²) in [6, 6.07) is 10.1. The number of aromatic nitrogens is 1. The number of carboxylic acid groups (broad SMARTS) is 1. The molecule has 0 spiro atoms. The summed E-state index contributed by atoms with van der Waals surface area (Å²) in [4.78, 5) is 73.3. The predicted octanol–water partition coefficient (Wildman–Crippen LogP) is 6.10. The minimum absolute atomic E-state index is 0.0169. The molecular weight excluding hydrogens is 747 g/mol. The summed E-state index contributed by atoms with van der Waals surface area (Å²) < 4.78 is 55.4. The van der Waals surface area contributed by atoms with Crippen LogP contribution in [0.4, 0.5) is 23.4 Å². The summed E-state index contributed by atoms with van der Waals surface area (Å²) in [5, 5.41) is 19.6. The fourth-order valence-electron chi connectivity index (χ4n) is 8.53. The van der Waals surface area contributed by atoms with Gasteiger partial charge in [0.25, 0.3) is 11.8 Å². The van der Waals surface area contributed by atoms with Gasteiger partial charge < -0.3 is 10.2 Å². The molecule has 1 aromatic heterocycles. The Labute approximate surface area is 308 Å². The van der Waals surface area contributed by atoms with Crippen molar-refractivity contribution in [2.24, 2.45) is 23.7 Å². The molecular formula is C36H28Cl2F4N4O7. The van der Waals surface area contributed by atoms with Crippen LogP contribution in [0.25, 0.3) is 0 Å². The van der Waals surface area contributed by atoms with E-state index in [0.29, 0.717) is 22.8 Å². The number of hydrogen-bond acceptors (Lipinski definition) is 8. The van der Waals surface area contributed by atoms with Crippen LogP contribution >= 0.6 is 23.2 Å². The molecule has 6 atom stereocenters. The van der Waals surface area contributed by atoms with E-state index in [1.165, 1.54) is 30.3 Å². The summed E-state index contributed by atoms with van der Waals surface area (Å²) in [6.07, 6.45) is -2.98. The van der Waals surface area contributed by atoms with Gasteiger partial charge in [-0.1, -0.05) is 53.1 Å². The molecule has 276 valence electrons. The van der Waals surface area contributed by atoms with Crippen LogP contribution in [0.2, 0.25) is 10.0 Å². The Balaban J connectivity index is 1.39. The van der Waals surface area contributed by atoms with Crippen molar-refractivity contribution in [1.29, 1.82) is 0 Å². The highest BCUT2D eigenvalue weighted by molar-refractivity contribution is 6.33. The van der Waals surface area contributed by atoms with Gasteiger partial charge in [0.2, 0.25) is 11.8 Å². The number of halogens is 6. The van der Waals surface area contributed by atoms with Crippen LogP contribution in [0.1, 0.15) is 48.3 Å². The molecule has 2 saturated heterocycles. The molecule has 3 fully saturated rings. The average molecular weight is 776 g/mol. The number of imide groups is 2. The maximum absolute atomic E-state index is 15.2. The fourth-order valence-corrected chi connectivity index (χ4v) is 8.87. The van der Waals surface area contributed by atoms with Gasteiger partial charge in [0.05, 0.1) is 33.8 Å². The maximum Gasteiger partial charge on any atom is 0.417 e. The van der Waals surface area contributed by atoms with E-state index in [4.69, 9.17) is 28.3 Å². The van der Waals surface area contributed by atoms with E-state index < -0.39 is 98.7 Å². The SMILES string of the molecule is O=C(O)CCCN1C(=O)[C@H]2[C@H](CC=C3[C@H]2C[C@H]2C(=O)N(Nc4ncc(C(F)(F)F)cc4Cl)C(=O)[C@@]2(c2ccc(Cl)cc2)[C@H]3c2ccc(O)c(F)c2)C1=O. The first kappa shape index (κ1) is 36.3. The number of hydrogen-bond donors (Lipinski definition) is 3. The van der Waals surface area contributed by atoms with Crippen LogP contribution < -0.4 is 5.43 Å². The number of carbonyl (C=O) groups excluding carboxylic acids is 4. The van der Waals surface area contributed by atoms with Crippen LogP contribution in [-0.4, -0.2) is 61.2 Å². The van der Waals surface area contributed by atoms with Crippen molar-refractivity contribution < 1.29 is 51.7 Å². The summed E-state index contributed by atoms with van der Waals surface area (Å²) in [5.74, 6) is -11.3. The van der Waals surface area contributed by atoms with Crippen molar-refractivity contribution in [3.63, 3.8) is 0 Å². The molecule has 2 aliphatic carbocycles. The Morgan fingerprint density at radius 1 is 1.00 bits per heavy atom. The number of anilines is 1. The molecule has 3 aromatic rings. The highest BCUT2D eigenvalue weighted by atomic mass is 35.5. The van der Waals surface area contributed by atoms with Gasteiger partial charge in [-0.2, -0.15) is 18.2 Å². The third-order valence-electron chi connectivity index (χ3n) is 10.7. The minimum Gasteiger partial charge on any atom is -0.505 e. The number of rotatable bonds is 8. The van der Waals surface area contributed by atoms with Crippen molar-refractivity contribution in [2.45, 2.75) is 43.2 Å². The number of nitrogens with zero attached hydrogens (tertiary/aromatic N) is 3. The van der Waals surface area contributed by atoms with Crippen LogP contribution in [0.15, 0.2) is 66.4 Å². The van der Waals surface area contributed by atoms with Gasteiger partial charge in [0.15, 0.2) is 17.4 Å². The quantitative estimate of drug-likeness (QED) is 0.140. The lowest BCUT2D eigenvalue weighted by molar-refractivity contribution is -0.142. The summed E-state index contributed by atoms with van der Waals surface area (Å²) in [5.41, 5.74) is 0.329. The lowest BCUT2D eigenvalue weighted by atomic mass is 9.49. The number of phenols is 1. The second kappa shape index (κ2) is 13.1. The number of aliphatic carboxylic acids is 1. The number of amides is 4. The number of hydrazine groups is 1. The van der Waals surface area contributed by atoms with Crippen LogP contribution in [0.3, 0.4) is 0 Å². The molecule has 3 N–H and O–H groups in total. The topological polar surface area (TPSA) is 157 Å². The molecule has 7 rings (SSSR count). The van der Waals surface area contributed by atoms with E-state index in [2.05, 4.69) is 10.4 Å². The molecule has 2 aromatic carbocycles. The molecule has 2 aliphatic heterocycles. The number of likely N-dealkylation sites (tertiary alicyclic amines) is 1. The van der Waals surface area contributed by atoms with E-state index in [0.717, 1.165) is 17.0 Å². The first-order chi connectivity index (χ1) is 25.0. The number of benzene rings is 2. The number of allylic oxidation sites excluding steroid dienone is 2. The fraction of sp³-hybridized carbons (Fsp3) is 0.333. The zero-order valence-electron chi connectivity index (χ0n) is 27.2. The van der Waals surface area contributed by atoms with E-state index in [1.807, 2.05) is 0 Å². The Morgan fingerprint density at radius 3 is 2.36 bits per heavy atom. The largest absolute Gasteiger partial charge is 0.505 e. The normalized spacial score (nSPS) is 26.7. The van der Waals surface area contributed by atoms with Gasteiger partial charge in [-0.25, -0.2) is 9.37 Å². The van der Waals surface area contributed by atoms with Gasteiger partial charge >= 0.3 is 12.1 Å². The van der Waals surface area contributed by atoms with Gasteiger partial charge in [0, 0.05) is 30.1 Å². The first-order valence-electron chi connectivity index (χ1n) is 16.4. The summed E-state index contributed by atoms with van der Waals surface area (Å²) in [6.45, 7) is -0.139. The van der Waals surface area contributed by atoms with Crippen LogP contribution in [0.5, 0.6) is 5.75 Å². The molecule has 4 amide bonds. The number of pyridine rings is 1. The van der Waals surface area contributed by atoms with Gasteiger partial charge in [-0.15, -0.1) is 0 Å². The van der Waals surface area contributed by atoms with Gasteiger partial charge in [-0.3, -0.25) is 34.3 Å². The Hall–Kier alpha value is -5.02. The molecule has 0 bridgehead atoms. The van der Waals surface area contributed by atoms with Crippen molar-refractivity contribution in [3.05, 3.63) is 98.9 Å². The molecule has 17 heteroatoms. The highest BCUT2D eigenvalue weighted by Crippen LogP contribution is 2.64.